The lowest BCUT2D eigenvalue weighted by Crippen LogP contribution is -2.31. The van der Waals surface area contributed by atoms with Crippen LogP contribution in [-0.2, 0) is 0 Å². The summed E-state index contributed by atoms with van der Waals surface area (Å²) >= 11 is 1.94. The summed E-state index contributed by atoms with van der Waals surface area (Å²) in [6.07, 6.45) is 6.18. The molecule has 0 aliphatic heterocycles. The summed E-state index contributed by atoms with van der Waals surface area (Å²) in [7, 11) is 2.24. The Bertz CT molecular complexity index is 131. The van der Waals surface area contributed by atoms with Gasteiger partial charge in [-0.15, -0.1) is 0 Å². The lowest BCUT2D eigenvalue weighted by molar-refractivity contribution is 0.271. The SMILES string of the molecule is CCNCCCCCN(C)C(C)CSC. The van der Waals surface area contributed by atoms with Crippen LogP contribution in [0.2, 0.25) is 0 Å². The number of thioether (sulfide) groups is 1. The molecule has 0 heterocycles. The fraction of sp³-hybridized carbons (Fsp3) is 1.00. The quantitative estimate of drug-likeness (QED) is 0.583. The molecule has 3 heteroatoms. The molecule has 0 aliphatic rings. The van der Waals surface area contributed by atoms with Crippen molar-refractivity contribution in [3.05, 3.63) is 0 Å². The molecule has 0 fully saturated rings. The minimum Gasteiger partial charge on any atom is -0.317 e. The van der Waals surface area contributed by atoms with Gasteiger partial charge in [-0.25, -0.2) is 0 Å². The summed E-state index contributed by atoms with van der Waals surface area (Å²) in [4.78, 5) is 2.48. The van der Waals surface area contributed by atoms with Gasteiger partial charge in [0.25, 0.3) is 0 Å². The first-order valence-corrected chi connectivity index (χ1v) is 7.51. The Labute approximate surface area is 100 Å². The van der Waals surface area contributed by atoms with Gasteiger partial charge in [0.1, 0.15) is 0 Å². The van der Waals surface area contributed by atoms with Crippen LogP contribution < -0.4 is 5.32 Å². The zero-order chi connectivity index (χ0) is 11.5. The summed E-state index contributed by atoms with van der Waals surface area (Å²) in [5, 5.41) is 3.36. The van der Waals surface area contributed by atoms with Crippen LogP contribution in [0.4, 0.5) is 0 Å². The fourth-order valence-corrected chi connectivity index (χ4v) is 2.29. The van der Waals surface area contributed by atoms with E-state index in [0.29, 0.717) is 6.04 Å². The molecule has 92 valence electrons. The molecule has 0 rings (SSSR count). The zero-order valence-electron chi connectivity index (χ0n) is 10.9. The van der Waals surface area contributed by atoms with Crippen LogP contribution in [0.15, 0.2) is 0 Å². The molecule has 2 nitrogen and oxygen atoms in total. The second-order valence-electron chi connectivity index (χ2n) is 4.20. The van der Waals surface area contributed by atoms with Crippen molar-refractivity contribution in [2.75, 3.05) is 38.7 Å². The molecule has 1 N–H and O–H groups in total. The molecular weight excluding hydrogens is 204 g/mol. The van der Waals surface area contributed by atoms with Crippen LogP contribution in [0.1, 0.15) is 33.1 Å². The van der Waals surface area contributed by atoms with Gasteiger partial charge in [-0.2, -0.15) is 11.8 Å². The first-order chi connectivity index (χ1) is 7.22. The van der Waals surface area contributed by atoms with Crippen LogP contribution >= 0.6 is 11.8 Å². The van der Waals surface area contributed by atoms with Crippen molar-refractivity contribution in [2.45, 2.75) is 39.2 Å². The van der Waals surface area contributed by atoms with E-state index in [9.17, 15) is 0 Å². The fourth-order valence-electron chi connectivity index (χ4n) is 1.55. The predicted octanol–water partition coefficient (Wildman–Crippen LogP) is 2.45. The Morgan fingerprint density at radius 1 is 1.27 bits per heavy atom. The van der Waals surface area contributed by atoms with Gasteiger partial charge < -0.3 is 10.2 Å². The molecule has 0 aliphatic carbocycles. The largest absolute Gasteiger partial charge is 0.317 e. The first kappa shape index (κ1) is 15.3. The van der Waals surface area contributed by atoms with E-state index in [2.05, 4.69) is 37.4 Å². The Hall–Kier alpha value is 0.270. The van der Waals surface area contributed by atoms with E-state index in [1.165, 1.54) is 38.1 Å². The molecule has 0 aromatic carbocycles. The average molecular weight is 232 g/mol. The third kappa shape index (κ3) is 9.21. The molecule has 0 radical (unpaired) electrons. The normalized spacial score (nSPS) is 13.4. The van der Waals surface area contributed by atoms with Crippen molar-refractivity contribution in [1.29, 1.82) is 0 Å². The van der Waals surface area contributed by atoms with Gasteiger partial charge in [0.15, 0.2) is 0 Å². The highest BCUT2D eigenvalue weighted by atomic mass is 32.2. The Morgan fingerprint density at radius 2 is 2.00 bits per heavy atom. The van der Waals surface area contributed by atoms with E-state index in [-0.39, 0.29) is 0 Å². The Morgan fingerprint density at radius 3 is 2.60 bits per heavy atom. The van der Waals surface area contributed by atoms with Gasteiger partial charge >= 0.3 is 0 Å². The average Bonchev–Trinajstić information content (AvgIpc) is 2.23. The second-order valence-corrected chi connectivity index (χ2v) is 5.11. The molecule has 1 unspecified atom stereocenters. The number of hydrogen-bond donors (Lipinski definition) is 1. The summed E-state index contributed by atoms with van der Waals surface area (Å²) in [6, 6.07) is 0.716. The number of hydrogen-bond acceptors (Lipinski definition) is 3. The van der Waals surface area contributed by atoms with E-state index < -0.39 is 0 Å². The smallest absolute Gasteiger partial charge is 0.0154 e. The lowest BCUT2D eigenvalue weighted by atomic mass is 10.2. The van der Waals surface area contributed by atoms with Crippen LogP contribution in [0.3, 0.4) is 0 Å². The van der Waals surface area contributed by atoms with Gasteiger partial charge in [0.05, 0.1) is 0 Å². The van der Waals surface area contributed by atoms with E-state index in [1.54, 1.807) is 0 Å². The molecule has 0 bridgehead atoms. The van der Waals surface area contributed by atoms with Crippen molar-refractivity contribution in [2.24, 2.45) is 0 Å². The maximum absolute atomic E-state index is 3.36. The Kier molecular flexibility index (Phi) is 11.0. The molecule has 0 saturated heterocycles. The maximum Gasteiger partial charge on any atom is 0.0154 e. The number of rotatable bonds is 10. The second kappa shape index (κ2) is 10.8. The van der Waals surface area contributed by atoms with Crippen LogP contribution in [0.25, 0.3) is 0 Å². The molecule has 0 amide bonds. The zero-order valence-corrected chi connectivity index (χ0v) is 11.7. The highest BCUT2D eigenvalue weighted by Gasteiger charge is 2.06. The van der Waals surface area contributed by atoms with Gasteiger partial charge in [-0.3, -0.25) is 0 Å². The van der Waals surface area contributed by atoms with E-state index in [4.69, 9.17) is 0 Å². The standard InChI is InChI=1S/C12H28N2S/c1-5-13-9-7-6-8-10-14(3)12(2)11-15-4/h12-13H,5-11H2,1-4H3. The summed E-state index contributed by atoms with van der Waals surface area (Å²) in [5.41, 5.74) is 0. The molecule has 0 spiro atoms. The summed E-state index contributed by atoms with van der Waals surface area (Å²) in [5.74, 6) is 1.24. The van der Waals surface area contributed by atoms with Crippen LogP contribution in [-0.4, -0.2) is 49.6 Å². The van der Waals surface area contributed by atoms with E-state index >= 15 is 0 Å². The van der Waals surface area contributed by atoms with Crippen molar-refractivity contribution in [3.63, 3.8) is 0 Å². The minimum absolute atomic E-state index is 0.716. The van der Waals surface area contributed by atoms with Gasteiger partial charge in [0, 0.05) is 11.8 Å². The van der Waals surface area contributed by atoms with Gasteiger partial charge in [0.2, 0.25) is 0 Å². The molecule has 0 saturated carbocycles. The van der Waals surface area contributed by atoms with Crippen molar-refractivity contribution in [1.82, 2.24) is 10.2 Å². The molecular formula is C12H28N2S. The maximum atomic E-state index is 3.36. The van der Waals surface area contributed by atoms with Gasteiger partial charge in [-0.1, -0.05) is 13.3 Å². The number of nitrogens with one attached hydrogen (secondary N) is 1. The highest BCUT2D eigenvalue weighted by Crippen LogP contribution is 2.05. The van der Waals surface area contributed by atoms with Crippen molar-refractivity contribution < 1.29 is 0 Å². The third-order valence-electron chi connectivity index (χ3n) is 2.77. The molecule has 0 aromatic heterocycles. The monoisotopic (exact) mass is 232 g/mol. The van der Waals surface area contributed by atoms with Gasteiger partial charge in [-0.05, 0) is 52.7 Å². The number of nitrogens with zero attached hydrogens (tertiary/aromatic N) is 1. The summed E-state index contributed by atoms with van der Waals surface area (Å²) < 4.78 is 0. The van der Waals surface area contributed by atoms with Crippen molar-refractivity contribution >= 4 is 11.8 Å². The number of unbranched alkanes of at least 4 members (excludes halogenated alkanes) is 2. The minimum atomic E-state index is 0.716. The van der Waals surface area contributed by atoms with E-state index in [1.807, 2.05) is 11.8 Å². The van der Waals surface area contributed by atoms with Crippen LogP contribution in [0, 0.1) is 0 Å². The first-order valence-electron chi connectivity index (χ1n) is 6.12. The van der Waals surface area contributed by atoms with Crippen molar-refractivity contribution in [3.8, 4) is 0 Å². The highest BCUT2D eigenvalue weighted by molar-refractivity contribution is 7.98. The third-order valence-corrected chi connectivity index (χ3v) is 3.59. The van der Waals surface area contributed by atoms with E-state index in [0.717, 1.165) is 6.54 Å². The predicted molar refractivity (Wildman–Crippen MR) is 72.9 cm³/mol. The molecule has 0 aromatic rings. The van der Waals surface area contributed by atoms with Crippen LogP contribution in [0.5, 0.6) is 0 Å². The Balaban J connectivity index is 3.26. The molecule has 1 atom stereocenters. The lowest BCUT2D eigenvalue weighted by Gasteiger charge is -2.23. The topological polar surface area (TPSA) is 15.3 Å². The molecule has 15 heavy (non-hydrogen) atoms. The summed E-state index contributed by atoms with van der Waals surface area (Å²) in [6.45, 7) is 8.01.